The number of carbonyl (C=O) groups excluding carboxylic acids is 2. The van der Waals surface area contributed by atoms with Crippen molar-refractivity contribution in [1.29, 1.82) is 0 Å². The molecule has 1 atom stereocenters. The van der Waals surface area contributed by atoms with Gasteiger partial charge in [0, 0.05) is 19.0 Å². The van der Waals surface area contributed by atoms with Gasteiger partial charge in [-0.2, -0.15) is 0 Å². The predicted octanol–water partition coefficient (Wildman–Crippen LogP) is 2.78. The van der Waals surface area contributed by atoms with Crippen LogP contribution in [0.15, 0.2) is 12.2 Å². The van der Waals surface area contributed by atoms with E-state index in [1.54, 1.807) is 4.90 Å². The van der Waals surface area contributed by atoms with Gasteiger partial charge in [0.1, 0.15) is 5.60 Å². The highest BCUT2D eigenvalue weighted by Crippen LogP contribution is 2.19. The average molecular weight is 253 g/mol. The number of likely N-dealkylation sites (tertiary alicyclic amines) is 1. The summed E-state index contributed by atoms with van der Waals surface area (Å²) in [6.45, 7) is 12.3. The first-order chi connectivity index (χ1) is 8.20. The summed E-state index contributed by atoms with van der Waals surface area (Å²) in [5.74, 6) is 0.0570. The molecule has 0 bridgehead atoms. The van der Waals surface area contributed by atoms with Crippen molar-refractivity contribution in [2.75, 3.05) is 13.1 Å². The van der Waals surface area contributed by atoms with Crippen LogP contribution in [0.25, 0.3) is 0 Å². The largest absolute Gasteiger partial charge is 0.444 e. The Bertz CT molecular complexity index is 355. The lowest BCUT2D eigenvalue weighted by molar-refractivity contribution is -0.119. The monoisotopic (exact) mass is 253 g/mol. The summed E-state index contributed by atoms with van der Waals surface area (Å²) < 4.78 is 5.34. The minimum atomic E-state index is -0.488. The number of nitrogens with zero attached hydrogens (tertiary/aromatic N) is 1. The molecule has 1 aliphatic heterocycles. The van der Waals surface area contributed by atoms with E-state index in [1.165, 1.54) is 0 Å². The molecular formula is C14H23NO3. The van der Waals surface area contributed by atoms with E-state index in [0.29, 0.717) is 31.5 Å². The molecule has 0 radical (unpaired) electrons. The highest BCUT2D eigenvalue weighted by atomic mass is 16.6. The molecular weight excluding hydrogens is 230 g/mol. The van der Waals surface area contributed by atoms with E-state index in [1.807, 2.05) is 27.7 Å². The van der Waals surface area contributed by atoms with Crippen LogP contribution < -0.4 is 0 Å². The zero-order valence-corrected chi connectivity index (χ0v) is 11.8. The molecule has 1 saturated heterocycles. The molecule has 1 fully saturated rings. The zero-order valence-electron chi connectivity index (χ0n) is 11.8. The normalized spacial score (nSPS) is 22.4. The Balaban J connectivity index is 2.66. The highest BCUT2D eigenvalue weighted by molar-refractivity contribution is 5.96. The topological polar surface area (TPSA) is 46.6 Å². The maximum Gasteiger partial charge on any atom is 0.410 e. The van der Waals surface area contributed by atoms with Gasteiger partial charge in [0.15, 0.2) is 5.78 Å². The Morgan fingerprint density at radius 2 is 2.00 bits per heavy atom. The molecule has 1 unspecified atom stereocenters. The van der Waals surface area contributed by atoms with Gasteiger partial charge in [-0.1, -0.05) is 13.5 Å². The summed E-state index contributed by atoms with van der Waals surface area (Å²) in [5.41, 5.74) is 0.119. The SMILES string of the molecule is C=C1CCN(C(=O)OC(C)(C)C)CCC(C)C1=O. The quantitative estimate of drug-likeness (QED) is 0.624. The Hall–Kier alpha value is -1.32. The Morgan fingerprint density at radius 1 is 1.39 bits per heavy atom. The second-order valence-corrected chi connectivity index (χ2v) is 5.87. The van der Waals surface area contributed by atoms with E-state index in [9.17, 15) is 9.59 Å². The van der Waals surface area contributed by atoms with Crippen molar-refractivity contribution in [3.8, 4) is 0 Å². The maximum absolute atomic E-state index is 12.0. The third-order valence-corrected chi connectivity index (χ3v) is 2.96. The molecule has 0 spiro atoms. The Kier molecular flexibility index (Phi) is 4.54. The van der Waals surface area contributed by atoms with Crippen molar-refractivity contribution in [3.05, 3.63) is 12.2 Å². The summed E-state index contributed by atoms with van der Waals surface area (Å²) >= 11 is 0. The average Bonchev–Trinajstić information content (AvgIpc) is 2.23. The van der Waals surface area contributed by atoms with Crippen LogP contribution >= 0.6 is 0 Å². The lowest BCUT2D eigenvalue weighted by Crippen LogP contribution is -2.40. The molecule has 0 aromatic carbocycles. The van der Waals surface area contributed by atoms with Crippen molar-refractivity contribution >= 4 is 11.9 Å². The van der Waals surface area contributed by atoms with Crippen LogP contribution in [-0.2, 0) is 9.53 Å². The van der Waals surface area contributed by atoms with E-state index in [4.69, 9.17) is 4.74 Å². The molecule has 1 rings (SSSR count). The number of amides is 1. The molecule has 1 heterocycles. The first-order valence-electron chi connectivity index (χ1n) is 6.40. The number of hydrogen-bond donors (Lipinski definition) is 0. The molecule has 0 N–H and O–H groups in total. The smallest absolute Gasteiger partial charge is 0.410 e. The third-order valence-electron chi connectivity index (χ3n) is 2.96. The summed E-state index contributed by atoms with van der Waals surface area (Å²) in [4.78, 5) is 25.4. The summed E-state index contributed by atoms with van der Waals surface area (Å²) in [6.07, 6.45) is 0.885. The minimum absolute atomic E-state index is 0.0669. The zero-order chi connectivity index (χ0) is 13.9. The summed E-state index contributed by atoms with van der Waals surface area (Å²) in [7, 11) is 0. The van der Waals surface area contributed by atoms with Gasteiger partial charge >= 0.3 is 6.09 Å². The van der Waals surface area contributed by atoms with Crippen molar-refractivity contribution in [3.63, 3.8) is 0 Å². The van der Waals surface area contributed by atoms with Crippen molar-refractivity contribution < 1.29 is 14.3 Å². The van der Waals surface area contributed by atoms with E-state index in [0.717, 1.165) is 0 Å². The van der Waals surface area contributed by atoms with Crippen molar-refractivity contribution in [1.82, 2.24) is 4.90 Å². The second-order valence-electron chi connectivity index (χ2n) is 5.87. The fraction of sp³-hybridized carbons (Fsp3) is 0.714. The van der Waals surface area contributed by atoms with E-state index >= 15 is 0 Å². The second kappa shape index (κ2) is 5.55. The van der Waals surface area contributed by atoms with Gasteiger partial charge in [-0.05, 0) is 39.2 Å². The Labute approximate surface area is 109 Å². The first kappa shape index (κ1) is 14.7. The molecule has 0 aliphatic carbocycles. The number of carbonyl (C=O) groups is 2. The molecule has 4 nitrogen and oxygen atoms in total. The number of rotatable bonds is 0. The standard InChI is InChI=1S/C14H23NO3/c1-10-6-8-15(9-7-11(2)12(10)16)13(17)18-14(3,4)5/h11H,1,6-9H2,2-5H3. The molecule has 0 aromatic rings. The number of Topliss-reactive ketones (excluding diaryl/α,β-unsaturated/α-hetero) is 1. The molecule has 0 saturated carbocycles. The van der Waals surface area contributed by atoms with E-state index in [-0.39, 0.29) is 17.8 Å². The van der Waals surface area contributed by atoms with Crippen molar-refractivity contribution in [2.45, 2.75) is 46.1 Å². The van der Waals surface area contributed by atoms with Gasteiger partial charge in [0.25, 0.3) is 0 Å². The lowest BCUT2D eigenvalue weighted by atomic mass is 9.93. The van der Waals surface area contributed by atoms with Crippen LogP contribution in [0.2, 0.25) is 0 Å². The molecule has 0 aromatic heterocycles. The lowest BCUT2D eigenvalue weighted by Gasteiger charge is -2.30. The van der Waals surface area contributed by atoms with Gasteiger partial charge in [-0.3, -0.25) is 4.79 Å². The number of hydrogen-bond acceptors (Lipinski definition) is 3. The Morgan fingerprint density at radius 3 is 2.56 bits per heavy atom. The minimum Gasteiger partial charge on any atom is -0.444 e. The highest BCUT2D eigenvalue weighted by Gasteiger charge is 2.26. The molecule has 4 heteroatoms. The first-order valence-corrected chi connectivity index (χ1v) is 6.40. The van der Waals surface area contributed by atoms with Crippen LogP contribution in [0.5, 0.6) is 0 Å². The van der Waals surface area contributed by atoms with Gasteiger partial charge in [-0.15, -0.1) is 0 Å². The van der Waals surface area contributed by atoms with Gasteiger partial charge in [-0.25, -0.2) is 4.79 Å². The maximum atomic E-state index is 12.0. The van der Waals surface area contributed by atoms with Crippen LogP contribution in [0.1, 0.15) is 40.5 Å². The third kappa shape index (κ3) is 4.17. The predicted molar refractivity (Wildman–Crippen MR) is 70.4 cm³/mol. The van der Waals surface area contributed by atoms with E-state index < -0.39 is 5.60 Å². The number of ether oxygens (including phenoxy) is 1. The van der Waals surface area contributed by atoms with Gasteiger partial charge < -0.3 is 9.64 Å². The van der Waals surface area contributed by atoms with E-state index in [2.05, 4.69) is 6.58 Å². The fourth-order valence-electron chi connectivity index (χ4n) is 1.84. The number of ketones is 1. The van der Waals surface area contributed by atoms with Crippen molar-refractivity contribution in [2.24, 2.45) is 5.92 Å². The van der Waals surface area contributed by atoms with Crippen LogP contribution in [0, 0.1) is 5.92 Å². The summed E-state index contributed by atoms with van der Waals surface area (Å²) in [6, 6.07) is 0. The molecule has 18 heavy (non-hydrogen) atoms. The van der Waals surface area contributed by atoms with Crippen LogP contribution in [-0.4, -0.2) is 35.5 Å². The molecule has 102 valence electrons. The molecule has 1 aliphatic rings. The summed E-state index contributed by atoms with van der Waals surface area (Å²) in [5, 5.41) is 0. The molecule has 1 amide bonds. The van der Waals surface area contributed by atoms with Gasteiger partial charge in [0.2, 0.25) is 0 Å². The van der Waals surface area contributed by atoms with Crippen LogP contribution in [0.3, 0.4) is 0 Å². The van der Waals surface area contributed by atoms with Gasteiger partial charge in [0.05, 0.1) is 0 Å². The fourth-order valence-corrected chi connectivity index (χ4v) is 1.84. The van der Waals surface area contributed by atoms with Crippen LogP contribution in [0.4, 0.5) is 4.79 Å².